The first-order valence-corrected chi connectivity index (χ1v) is 9.93. The van der Waals surface area contributed by atoms with E-state index in [4.69, 9.17) is 0 Å². The summed E-state index contributed by atoms with van der Waals surface area (Å²) in [5, 5.41) is 5.75. The lowest BCUT2D eigenvalue weighted by Gasteiger charge is -2.26. The van der Waals surface area contributed by atoms with E-state index in [-0.39, 0.29) is 23.4 Å². The second kappa shape index (κ2) is 9.83. The summed E-state index contributed by atoms with van der Waals surface area (Å²) in [5.41, 5.74) is 1.78. The Balaban J connectivity index is 1.83. The van der Waals surface area contributed by atoms with E-state index in [2.05, 4.69) is 10.6 Å². The van der Waals surface area contributed by atoms with Crippen LogP contribution in [0.3, 0.4) is 0 Å². The van der Waals surface area contributed by atoms with Crippen LogP contribution in [0, 0.1) is 11.7 Å². The minimum absolute atomic E-state index is 0.0846. The third kappa shape index (κ3) is 5.11. The van der Waals surface area contributed by atoms with Crippen molar-refractivity contribution in [1.82, 2.24) is 10.6 Å². The van der Waals surface area contributed by atoms with Crippen molar-refractivity contribution in [1.29, 1.82) is 0 Å². The summed E-state index contributed by atoms with van der Waals surface area (Å²) in [4.78, 5) is 25.8. The minimum Gasteiger partial charge on any atom is -0.343 e. The fourth-order valence-corrected chi connectivity index (χ4v) is 3.28. The van der Waals surface area contributed by atoms with E-state index in [0.717, 1.165) is 11.1 Å². The molecule has 0 aliphatic carbocycles. The highest BCUT2D eigenvalue weighted by Crippen LogP contribution is 2.22. The molecule has 0 aliphatic heterocycles. The van der Waals surface area contributed by atoms with Crippen LogP contribution in [0.2, 0.25) is 0 Å². The van der Waals surface area contributed by atoms with Gasteiger partial charge in [0.2, 0.25) is 5.91 Å². The topological polar surface area (TPSA) is 58.2 Å². The molecule has 1 atom stereocenters. The summed E-state index contributed by atoms with van der Waals surface area (Å²) in [6.45, 7) is 3.68. The number of hydrogen-bond donors (Lipinski definition) is 2. The van der Waals surface area contributed by atoms with Crippen molar-refractivity contribution in [2.45, 2.75) is 25.9 Å². The number of rotatable bonds is 7. The number of benzene rings is 3. The lowest BCUT2D eigenvalue weighted by molar-refractivity contribution is -0.124. The molecule has 0 heterocycles. The Bertz CT molecular complexity index is 951. The first kappa shape index (κ1) is 21.2. The van der Waals surface area contributed by atoms with E-state index in [1.165, 1.54) is 18.2 Å². The molecular formula is C25H25FN2O2. The van der Waals surface area contributed by atoms with Crippen LogP contribution in [0.1, 0.15) is 41.4 Å². The van der Waals surface area contributed by atoms with Crippen molar-refractivity contribution in [2.75, 3.05) is 0 Å². The van der Waals surface area contributed by atoms with Gasteiger partial charge in [-0.25, -0.2) is 4.39 Å². The molecular weight excluding hydrogens is 379 g/mol. The molecule has 0 aliphatic rings. The van der Waals surface area contributed by atoms with Crippen LogP contribution in [0.4, 0.5) is 4.39 Å². The molecule has 0 bridgehead atoms. The highest BCUT2D eigenvalue weighted by Gasteiger charge is 2.28. The van der Waals surface area contributed by atoms with E-state index in [0.29, 0.717) is 0 Å². The third-order valence-corrected chi connectivity index (χ3v) is 4.91. The summed E-state index contributed by atoms with van der Waals surface area (Å²) in [7, 11) is 0. The van der Waals surface area contributed by atoms with Crippen LogP contribution in [-0.4, -0.2) is 17.9 Å². The van der Waals surface area contributed by atoms with Gasteiger partial charge in [-0.3, -0.25) is 9.59 Å². The van der Waals surface area contributed by atoms with Crippen LogP contribution in [-0.2, 0) is 4.79 Å². The van der Waals surface area contributed by atoms with Gasteiger partial charge in [-0.1, -0.05) is 86.6 Å². The quantitative estimate of drug-likeness (QED) is 0.610. The van der Waals surface area contributed by atoms with E-state index in [9.17, 15) is 14.0 Å². The summed E-state index contributed by atoms with van der Waals surface area (Å²) >= 11 is 0. The Kier molecular flexibility index (Phi) is 6.96. The summed E-state index contributed by atoms with van der Waals surface area (Å²) < 4.78 is 14.0. The van der Waals surface area contributed by atoms with Crippen LogP contribution < -0.4 is 10.6 Å². The minimum atomic E-state index is -0.813. The second-order valence-electron chi connectivity index (χ2n) is 7.44. The molecule has 154 valence electrons. The maximum absolute atomic E-state index is 14.0. The Morgan fingerprint density at radius 2 is 1.23 bits per heavy atom. The first-order chi connectivity index (χ1) is 14.5. The molecule has 4 nitrogen and oxygen atoms in total. The fraction of sp³-hybridized carbons (Fsp3) is 0.200. The average molecular weight is 404 g/mol. The zero-order valence-electron chi connectivity index (χ0n) is 17.0. The highest BCUT2D eigenvalue weighted by atomic mass is 19.1. The second-order valence-corrected chi connectivity index (χ2v) is 7.44. The molecule has 0 saturated heterocycles. The molecule has 0 aromatic heterocycles. The van der Waals surface area contributed by atoms with Crippen LogP contribution >= 0.6 is 0 Å². The van der Waals surface area contributed by atoms with Gasteiger partial charge < -0.3 is 10.6 Å². The van der Waals surface area contributed by atoms with Gasteiger partial charge in [0.15, 0.2) is 0 Å². The molecule has 3 aromatic carbocycles. The molecule has 0 spiro atoms. The summed E-state index contributed by atoms with van der Waals surface area (Å²) in [6, 6.07) is 23.8. The van der Waals surface area contributed by atoms with E-state index in [1.54, 1.807) is 6.07 Å². The van der Waals surface area contributed by atoms with Gasteiger partial charge in [0.05, 0.1) is 11.6 Å². The molecule has 2 N–H and O–H groups in total. The highest BCUT2D eigenvalue weighted by molar-refractivity contribution is 5.97. The van der Waals surface area contributed by atoms with Crippen molar-refractivity contribution >= 4 is 11.8 Å². The largest absolute Gasteiger partial charge is 0.343 e. The lowest BCUT2D eigenvalue weighted by Crippen LogP contribution is -2.50. The van der Waals surface area contributed by atoms with Gasteiger partial charge in [0.1, 0.15) is 11.9 Å². The number of carbonyl (C=O) groups is 2. The maximum Gasteiger partial charge on any atom is 0.254 e. The molecule has 3 aromatic rings. The average Bonchev–Trinajstić information content (AvgIpc) is 2.76. The van der Waals surface area contributed by atoms with Crippen LogP contribution in [0.15, 0.2) is 84.9 Å². The molecule has 3 rings (SSSR count). The summed E-state index contributed by atoms with van der Waals surface area (Å²) in [6.07, 6.45) is 0. The van der Waals surface area contributed by atoms with E-state index < -0.39 is 17.8 Å². The first-order valence-electron chi connectivity index (χ1n) is 9.93. The number of hydrogen-bond acceptors (Lipinski definition) is 2. The Morgan fingerprint density at radius 1 is 0.733 bits per heavy atom. The molecule has 30 heavy (non-hydrogen) atoms. The fourth-order valence-electron chi connectivity index (χ4n) is 3.28. The zero-order chi connectivity index (χ0) is 21.5. The monoisotopic (exact) mass is 404 g/mol. The SMILES string of the molecule is CC(C)[C@H](NC(=O)c1ccccc1F)C(=O)NC(c1ccccc1)c1ccccc1. The molecule has 0 saturated carbocycles. The van der Waals surface area contributed by atoms with Gasteiger partial charge in [-0.15, -0.1) is 0 Å². The number of nitrogens with one attached hydrogen (secondary N) is 2. The number of carbonyl (C=O) groups excluding carboxylic acids is 2. The van der Waals surface area contributed by atoms with Crippen molar-refractivity contribution in [3.63, 3.8) is 0 Å². The number of halogens is 1. The molecule has 5 heteroatoms. The number of amides is 2. The molecule has 2 amide bonds. The van der Waals surface area contributed by atoms with Crippen molar-refractivity contribution < 1.29 is 14.0 Å². The van der Waals surface area contributed by atoms with Gasteiger partial charge in [-0.05, 0) is 29.2 Å². The Labute approximate surface area is 176 Å². The van der Waals surface area contributed by atoms with Gasteiger partial charge >= 0.3 is 0 Å². The smallest absolute Gasteiger partial charge is 0.254 e. The normalized spacial score (nSPS) is 11.9. The Morgan fingerprint density at radius 3 is 1.73 bits per heavy atom. The van der Waals surface area contributed by atoms with E-state index in [1.807, 2.05) is 74.5 Å². The molecule has 0 radical (unpaired) electrons. The van der Waals surface area contributed by atoms with Crippen molar-refractivity contribution in [3.8, 4) is 0 Å². The van der Waals surface area contributed by atoms with Crippen LogP contribution in [0.25, 0.3) is 0 Å². The third-order valence-electron chi connectivity index (χ3n) is 4.91. The molecule has 0 fully saturated rings. The Hall–Kier alpha value is -3.47. The lowest BCUT2D eigenvalue weighted by atomic mass is 9.96. The van der Waals surface area contributed by atoms with E-state index >= 15 is 0 Å². The predicted molar refractivity (Wildman–Crippen MR) is 115 cm³/mol. The zero-order valence-corrected chi connectivity index (χ0v) is 17.0. The summed E-state index contributed by atoms with van der Waals surface area (Å²) in [5.74, 6) is -1.75. The predicted octanol–water partition coefficient (Wildman–Crippen LogP) is 4.49. The maximum atomic E-state index is 14.0. The standard InChI is InChI=1S/C25H25FN2O2/c1-17(2)22(27-24(29)20-15-9-10-16-21(20)26)25(30)28-23(18-11-5-3-6-12-18)19-13-7-4-8-14-19/h3-17,22-23H,1-2H3,(H,27,29)(H,28,30)/t22-/m0/s1. The van der Waals surface area contributed by atoms with Crippen molar-refractivity contribution in [3.05, 3.63) is 107 Å². The van der Waals surface area contributed by atoms with Crippen molar-refractivity contribution in [2.24, 2.45) is 5.92 Å². The van der Waals surface area contributed by atoms with Gasteiger partial charge in [0.25, 0.3) is 5.91 Å². The van der Waals surface area contributed by atoms with Gasteiger partial charge in [0, 0.05) is 0 Å². The van der Waals surface area contributed by atoms with Gasteiger partial charge in [-0.2, -0.15) is 0 Å². The molecule has 0 unspecified atom stereocenters. The van der Waals surface area contributed by atoms with Crippen LogP contribution in [0.5, 0.6) is 0 Å².